The fourth-order valence-corrected chi connectivity index (χ4v) is 5.91. The zero-order chi connectivity index (χ0) is 28.1. The predicted octanol–water partition coefficient (Wildman–Crippen LogP) is 4.14. The van der Waals surface area contributed by atoms with Crippen LogP contribution in [0.5, 0.6) is 0 Å². The maximum atomic E-state index is 14.5. The van der Waals surface area contributed by atoms with E-state index in [0.29, 0.717) is 50.1 Å². The van der Waals surface area contributed by atoms with Crippen LogP contribution in [0.2, 0.25) is 0 Å². The predicted molar refractivity (Wildman–Crippen MR) is 132 cm³/mol. The van der Waals surface area contributed by atoms with Crippen molar-refractivity contribution in [3.05, 3.63) is 54.3 Å². The molecule has 1 aliphatic heterocycles. The average molecular weight is 554 g/mol. The zero-order valence-corrected chi connectivity index (χ0v) is 21.1. The second-order valence-electron chi connectivity index (χ2n) is 10.4. The summed E-state index contributed by atoms with van der Waals surface area (Å²) < 4.78 is 55.4. The van der Waals surface area contributed by atoms with Gasteiger partial charge in [-0.2, -0.15) is 28.6 Å². The Kier molecular flexibility index (Phi) is 6.33. The summed E-state index contributed by atoms with van der Waals surface area (Å²) in [5.41, 5.74) is -0.674. The number of nitriles is 1. The number of carbonyl (C=O) groups excluding carboxylic acids is 1. The minimum atomic E-state index is -4.97. The first kappa shape index (κ1) is 26.0. The molecule has 0 spiro atoms. The largest absolute Gasteiger partial charge is 0.436 e. The SMILES string of the molecule is N#CCC1(n2cc(-c3ncnc4[nH]ncc34)cn2)CN(C2CCC(C(=O)c3ccnc(C(F)(F)F)c3F)CC2)C1. The first-order valence-electron chi connectivity index (χ1n) is 12.8. The highest BCUT2D eigenvalue weighted by Gasteiger charge is 2.48. The standard InChI is InChI=1S/C26H23F4N9O/c27-20-18(5-8-32-23(20)26(28,29)30)22(40)15-1-3-17(4-2-15)38-12-25(13-38,6-7-31)39-11-16(9-36-39)21-19-10-35-37-24(19)34-14-33-21/h5,8-11,14-15,17H,1-4,6,12-13H2,(H,33,34,35,37). The lowest BCUT2D eigenvalue weighted by Crippen LogP contribution is -2.65. The third-order valence-electron chi connectivity index (χ3n) is 8.00. The number of carbonyl (C=O) groups is 1. The summed E-state index contributed by atoms with van der Waals surface area (Å²) >= 11 is 0. The van der Waals surface area contributed by atoms with Crippen molar-refractivity contribution in [2.75, 3.05) is 13.1 Å². The van der Waals surface area contributed by atoms with E-state index < -0.39 is 40.5 Å². The van der Waals surface area contributed by atoms with E-state index in [9.17, 15) is 27.6 Å². The van der Waals surface area contributed by atoms with Crippen molar-refractivity contribution in [1.29, 1.82) is 5.26 Å². The number of nitrogens with zero attached hydrogens (tertiary/aromatic N) is 8. The van der Waals surface area contributed by atoms with Crippen LogP contribution >= 0.6 is 0 Å². The molecule has 5 heterocycles. The van der Waals surface area contributed by atoms with Crippen molar-refractivity contribution in [3.63, 3.8) is 0 Å². The number of hydrogen-bond acceptors (Lipinski definition) is 8. The molecule has 0 bridgehead atoms. The lowest BCUT2D eigenvalue weighted by atomic mass is 9.77. The van der Waals surface area contributed by atoms with Crippen molar-refractivity contribution in [2.45, 2.75) is 49.9 Å². The number of aromatic nitrogens is 7. The number of fused-ring (bicyclic) bond motifs is 1. The van der Waals surface area contributed by atoms with Gasteiger partial charge in [-0.05, 0) is 31.7 Å². The van der Waals surface area contributed by atoms with E-state index in [-0.39, 0.29) is 12.5 Å². The molecule has 4 aromatic heterocycles. The average Bonchev–Trinajstić information content (AvgIpc) is 3.60. The van der Waals surface area contributed by atoms with Gasteiger partial charge in [0.1, 0.15) is 11.9 Å². The molecule has 1 aliphatic carbocycles. The van der Waals surface area contributed by atoms with Gasteiger partial charge in [-0.1, -0.05) is 0 Å². The van der Waals surface area contributed by atoms with Crippen LogP contribution in [-0.4, -0.2) is 64.7 Å². The zero-order valence-electron chi connectivity index (χ0n) is 21.1. The molecule has 2 fully saturated rings. The number of nitrogens with one attached hydrogen (secondary N) is 1. The summed E-state index contributed by atoms with van der Waals surface area (Å²) in [6, 6.07) is 3.43. The maximum absolute atomic E-state index is 14.5. The highest BCUT2D eigenvalue weighted by molar-refractivity contribution is 5.98. The molecule has 206 valence electrons. The van der Waals surface area contributed by atoms with Crippen LogP contribution in [0.3, 0.4) is 0 Å². The van der Waals surface area contributed by atoms with E-state index in [1.165, 1.54) is 6.33 Å². The van der Waals surface area contributed by atoms with Gasteiger partial charge in [0.25, 0.3) is 0 Å². The maximum Gasteiger partial charge on any atom is 0.436 e. The van der Waals surface area contributed by atoms with E-state index in [2.05, 4.69) is 41.2 Å². The van der Waals surface area contributed by atoms with Gasteiger partial charge in [-0.3, -0.25) is 19.5 Å². The summed E-state index contributed by atoms with van der Waals surface area (Å²) in [5, 5.41) is 21.7. The van der Waals surface area contributed by atoms with Crippen molar-refractivity contribution in [3.8, 4) is 17.3 Å². The highest BCUT2D eigenvalue weighted by Crippen LogP contribution is 2.40. The Morgan fingerprint density at radius 3 is 2.65 bits per heavy atom. The van der Waals surface area contributed by atoms with Gasteiger partial charge < -0.3 is 0 Å². The first-order chi connectivity index (χ1) is 19.2. The van der Waals surface area contributed by atoms with Crippen LogP contribution in [0.1, 0.15) is 48.2 Å². The summed E-state index contributed by atoms with van der Waals surface area (Å²) in [4.78, 5) is 26.8. The summed E-state index contributed by atoms with van der Waals surface area (Å²) in [7, 11) is 0. The van der Waals surface area contributed by atoms with Gasteiger partial charge in [0.15, 0.2) is 22.9 Å². The molecule has 0 amide bonds. The number of likely N-dealkylation sites (tertiary alicyclic amines) is 1. The monoisotopic (exact) mass is 553 g/mol. The molecule has 0 atom stereocenters. The summed E-state index contributed by atoms with van der Waals surface area (Å²) in [5.74, 6) is -2.78. The Hall–Kier alpha value is -4.25. The van der Waals surface area contributed by atoms with E-state index in [1.807, 2.05) is 10.9 Å². The number of ketones is 1. The highest BCUT2D eigenvalue weighted by atomic mass is 19.4. The Labute approximate surface area is 225 Å². The molecule has 1 N–H and O–H groups in total. The molecule has 1 saturated carbocycles. The van der Waals surface area contributed by atoms with Crippen LogP contribution in [0.25, 0.3) is 22.3 Å². The molecule has 40 heavy (non-hydrogen) atoms. The molecule has 14 heteroatoms. The number of aromatic amines is 1. The number of H-pyrrole nitrogens is 1. The van der Waals surface area contributed by atoms with Crippen LogP contribution < -0.4 is 0 Å². The van der Waals surface area contributed by atoms with Crippen LogP contribution in [-0.2, 0) is 11.7 Å². The van der Waals surface area contributed by atoms with E-state index in [0.717, 1.165) is 23.2 Å². The Morgan fingerprint density at radius 2 is 1.93 bits per heavy atom. The van der Waals surface area contributed by atoms with E-state index in [4.69, 9.17) is 0 Å². The van der Waals surface area contributed by atoms with Crippen molar-refractivity contribution < 1.29 is 22.4 Å². The van der Waals surface area contributed by atoms with Gasteiger partial charge in [0.2, 0.25) is 0 Å². The number of hydrogen-bond donors (Lipinski definition) is 1. The number of Topliss-reactive ketones (excluding diaryl/α,β-unsaturated/α-hetero) is 1. The van der Waals surface area contributed by atoms with Crippen molar-refractivity contribution >= 4 is 16.8 Å². The van der Waals surface area contributed by atoms with Gasteiger partial charge in [-0.15, -0.1) is 0 Å². The number of pyridine rings is 1. The van der Waals surface area contributed by atoms with Gasteiger partial charge in [0.05, 0.1) is 41.5 Å². The van der Waals surface area contributed by atoms with Crippen molar-refractivity contribution in [1.82, 2.24) is 39.8 Å². The molecular formula is C26H23F4N9O. The normalized spacial score (nSPS) is 21.2. The third kappa shape index (κ3) is 4.40. The van der Waals surface area contributed by atoms with Gasteiger partial charge >= 0.3 is 6.18 Å². The fourth-order valence-electron chi connectivity index (χ4n) is 5.91. The summed E-state index contributed by atoms with van der Waals surface area (Å²) in [6.45, 7) is 1.17. The lowest BCUT2D eigenvalue weighted by Gasteiger charge is -2.53. The molecule has 0 radical (unpaired) electrons. The van der Waals surface area contributed by atoms with Crippen molar-refractivity contribution in [2.24, 2.45) is 5.92 Å². The molecule has 6 rings (SSSR count). The molecule has 10 nitrogen and oxygen atoms in total. The molecule has 0 unspecified atom stereocenters. The Morgan fingerprint density at radius 1 is 1.15 bits per heavy atom. The molecule has 4 aromatic rings. The second-order valence-corrected chi connectivity index (χ2v) is 10.4. The van der Waals surface area contributed by atoms with Gasteiger partial charge in [-0.25, -0.2) is 19.3 Å². The van der Waals surface area contributed by atoms with Crippen LogP contribution in [0, 0.1) is 23.1 Å². The number of alkyl halides is 3. The topological polar surface area (TPSA) is 129 Å². The third-order valence-corrected chi connectivity index (χ3v) is 8.00. The fraction of sp³-hybridized carbons (Fsp3) is 0.423. The van der Waals surface area contributed by atoms with E-state index in [1.54, 1.807) is 12.4 Å². The quantitative estimate of drug-likeness (QED) is 0.279. The molecular weight excluding hydrogens is 530 g/mol. The van der Waals surface area contributed by atoms with Gasteiger partial charge in [0, 0.05) is 43.0 Å². The van der Waals surface area contributed by atoms with Crippen LogP contribution in [0.15, 0.2) is 37.2 Å². The summed E-state index contributed by atoms with van der Waals surface area (Å²) in [6.07, 6.45) is 4.94. The number of rotatable bonds is 6. The molecule has 1 saturated heterocycles. The first-order valence-corrected chi connectivity index (χ1v) is 12.8. The van der Waals surface area contributed by atoms with E-state index >= 15 is 0 Å². The minimum absolute atomic E-state index is 0.145. The minimum Gasteiger partial charge on any atom is -0.295 e. The lowest BCUT2D eigenvalue weighted by molar-refractivity contribution is -0.143. The Balaban J connectivity index is 1.12. The second kappa shape index (κ2) is 9.74. The smallest absolute Gasteiger partial charge is 0.295 e. The molecule has 2 aliphatic rings. The van der Waals surface area contributed by atoms with Crippen LogP contribution in [0.4, 0.5) is 17.6 Å². The number of halogens is 4. The Bertz CT molecular complexity index is 1610. The molecule has 0 aromatic carbocycles.